The summed E-state index contributed by atoms with van der Waals surface area (Å²) >= 11 is 9.06. The Kier molecular flexibility index (Phi) is 4.63. The van der Waals surface area contributed by atoms with Gasteiger partial charge in [-0.15, -0.1) is 0 Å². The Morgan fingerprint density at radius 2 is 1.86 bits per heavy atom. The molecular weight excluding hydrogens is 380 g/mol. The summed E-state index contributed by atoms with van der Waals surface area (Å²) in [5, 5.41) is -0.393. The smallest absolute Gasteiger partial charge is 0.419 e. The molecule has 7 heteroatoms. The van der Waals surface area contributed by atoms with Crippen molar-refractivity contribution < 1.29 is 18.3 Å². The molecule has 0 radical (unpaired) electrons. The Labute approximate surface area is 140 Å². The number of benzene rings is 1. The number of hydrogen-bond acceptors (Lipinski definition) is 2. The molecule has 1 aromatic heterocycles. The topological polar surface area (TPSA) is 31.2 Å². The van der Waals surface area contributed by atoms with E-state index < -0.39 is 28.4 Å². The summed E-state index contributed by atoms with van der Waals surface area (Å²) in [5.74, 6) is -1.51. The summed E-state index contributed by atoms with van der Waals surface area (Å²) < 4.78 is 34.5. The third-order valence-electron chi connectivity index (χ3n) is 2.68. The van der Waals surface area contributed by atoms with Crippen molar-refractivity contribution in [2.24, 2.45) is 0 Å². The van der Waals surface area contributed by atoms with Crippen LogP contribution in [0.15, 0.2) is 28.9 Å². The zero-order valence-corrected chi connectivity index (χ0v) is 14.4. The van der Waals surface area contributed by atoms with E-state index in [1.54, 1.807) is 20.8 Å². The number of ether oxygens (including phenoxy) is 1. The number of halogens is 4. The van der Waals surface area contributed by atoms with Gasteiger partial charge in [0.05, 0.1) is 16.3 Å². The molecule has 3 nitrogen and oxygen atoms in total. The van der Waals surface area contributed by atoms with Crippen molar-refractivity contribution >= 4 is 33.6 Å². The summed E-state index contributed by atoms with van der Waals surface area (Å²) in [6, 6.07) is 3.35. The molecule has 118 valence electrons. The van der Waals surface area contributed by atoms with Crippen LogP contribution in [0.3, 0.4) is 0 Å². The first-order valence-electron chi connectivity index (χ1n) is 6.35. The van der Waals surface area contributed by atoms with Gasteiger partial charge in [-0.25, -0.2) is 13.6 Å². The Morgan fingerprint density at radius 3 is 2.45 bits per heavy atom. The Hall–Kier alpha value is -1.40. The second-order valence-electron chi connectivity index (χ2n) is 5.61. The van der Waals surface area contributed by atoms with Gasteiger partial charge in [0.2, 0.25) is 0 Å². The van der Waals surface area contributed by atoms with Crippen LogP contribution in [0.5, 0.6) is 0 Å². The number of aromatic nitrogens is 1. The molecule has 0 fully saturated rings. The molecule has 0 saturated carbocycles. The Bertz CT molecular complexity index is 738. The molecule has 0 amide bonds. The molecule has 0 spiro atoms. The second kappa shape index (κ2) is 6.01. The first kappa shape index (κ1) is 17.0. The van der Waals surface area contributed by atoms with Gasteiger partial charge in [0.15, 0.2) is 0 Å². The van der Waals surface area contributed by atoms with Crippen LogP contribution in [-0.4, -0.2) is 16.3 Å². The highest BCUT2D eigenvalue weighted by Crippen LogP contribution is 2.35. The van der Waals surface area contributed by atoms with Crippen LogP contribution in [0.2, 0.25) is 5.02 Å². The van der Waals surface area contributed by atoms with Crippen molar-refractivity contribution in [3.63, 3.8) is 0 Å². The molecular formula is C15H13BrClF2NO2. The molecule has 0 atom stereocenters. The molecule has 0 saturated heterocycles. The van der Waals surface area contributed by atoms with Gasteiger partial charge in [-0.2, -0.15) is 0 Å². The van der Waals surface area contributed by atoms with Crippen molar-refractivity contribution in [1.82, 2.24) is 4.57 Å². The fourth-order valence-electron chi connectivity index (χ4n) is 1.85. The van der Waals surface area contributed by atoms with Gasteiger partial charge in [-0.05, 0) is 54.9 Å². The lowest BCUT2D eigenvalue weighted by molar-refractivity contribution is 0.0540. The molecule has 0 aliphatic carbocycles. The number of carbonyl (C=O) groups is 1. The van der Waals surface area contributed by atoms with Crippen LogP contribution in [-0.2, 0) is 4.74 Å². The number of nitrogens with zero attached hydrogens (tertiary/aromatic N) is 1. The second-order valence-corrected chi connectivity index (χ2v) is 6.91. The van der Waals surface area contributed by atoms with Gasteiger partial charge in [0.25, 0.3) is 0 Å². The lowest BCUT2D eigenvalue weighted by Gasteiger charge is -2.20. The van der Waals surface area contributed by atoms with Crippen molar-refractivity contribution in [3.8, 4) is 11.3 Å². The van der Waals surface area contributed by atoms with Crippen LogP contribution in [0.1, 0.15) is 20.8 Å². The zero-order valence-electron chi connectivity index (χ0n) is 12.1. The molecule has 2 aromatic rings. The van der Waals surface area contributed by atoms with Gasteiger partial charge in [-0.1, -0.05) is 11.6 Å². The van der Waals surface area contributed by atoms with Crippen molar-refractivity contribution in [1.29, 1.82) is 0 Å². The predicted molar refractivity (Wildman–Crippen MR) is 84.1 cm³/mol. The predicted octanol–water partition coefficient (Wildman–Crippen LogP) is 5.63. The van der Waals surface area contributed by atoms with Crippen LogP contribution >= 0.6 is 27.5 Å². The normalized spacial score (nSPS) is 11.6. The van der Waals surface area contributed by atoms with Crippen molar-refractivity contribution in [2.45, 2.75) is 26.4 Å². The van der Waals surface area contributed by atoms with Gasteiger partial charge in [-0.3, -0.25) is 4.57 Å². The van der Waals surface area contributed by atoms with Gasteiger partial charge in [0.1, 0.15) is 17.2 Å². The molecule has 0 N–H and O–H groups in total. The fourth-order valence-corrected chi connectivity index (χ4v) is 2.52. The lowest BCUT2D eigenvalue weighted by Crippen LogP contribution is -2.27. The number of hydrogen-bond donors (Lipinski definition) is 0. The minimum Gasteiger partial charge on any atom is -0.443 e. The van der Waals surface area contributed by atoms with Crippen molar-refractivity contribution in [3.05, 3.63) is 45.5 Å². The molecule has 0 aliphatic rings. The summed E-state index contributed by atoms with van der Waals surface area (Å²) in [4.78, 5) is 12.2. The number of carbonyl (C=O) groups excluding carboxylic acids is 1. The fraction of sp³-hybridized carbons (Fsp3) is 0.267. The minimum atomic E-state index is -0.772. The molecule has 1 heterocycles. The van der Waals surface area contributed by atoms with E-state index in [9.17, 15) is 13.6 Å². The lowest BCUT2D eigenvalue weighted by atomic mass is 10.1. The third kappa shape index (κ3) is 3.50. The quantitative estimate of drug-likeness (QED) is 0.589. The molecule has 0 unspecified atom stereocenters. The maximum atomic E-state index is 14.1. The summed E-state index contributed by atoms with van der Waals surface area (Å²) in [5.41, 5.74) is -0.823. The van der Waals surface area contributed by atoms with E-state index in [1.807, 2.05) is 0 Å². The van der Waals surface area contributed by atoms with Gasteiger partial charge >= 0.3 is 6.09 Å². The standard InChI is InChI=1S/C15H13BrClF2NO2/c1-15(2,3)22-14(21)20-7-8(16)6-11(20)12-9(18)4-5-10(19)13(12)17/h4-7H,1-3H3. The van der Waals surface area contributed by atoms with E-state index in [0.717, 1.165) is 16.7 Å². The van der Waals surface area contributed by atoms with Crippen molar-refractivity contribution in [2.75, 3.05) is 0 Å². The minimum absolute atomic E-state index is 0.100. The number of rotatable bonds is 1. The zero-order chi connectivity index (χ0) is 16.7. The average molecular weight is 393 g/mol. The van der Waals surface area contributed by atoms with Gasteiger partial charge < -0.3 is 4.74 Å². The molecule has 22 heavy (non-hydrogen) atoms. The van der Waals surface area contributed by atoms with Crippen LogP contribution < -0.4 is 0 Å². The highest BCUT2D eigenvalue weighted by atomic mass is 79.9. The Balaban J connectivity index is 2.59. The van der Waals surface area contributed by atoms with E-state index in [0.29, 0.717) is 4.47 Å². The van der Waals surface area contributed by atoms with Crippen LogP contribution in [0.4, 0.5) is 13.6 Å². The summed E-state index contributed by atoms with van der Waals surface area (Å²) in [6.07, 6.45) is 0.692. The molecule has 2 rings (SSSR count). The molecule has 0 aliphatic heterocycles. The summed E-state index contributed by atoms with van der Waals surface area (Å²) in [6.45, 7) is 5.12. The molecule has 0 bridgehead atoms. The van der Waals surface area contributed by atoms with E-state index in [-0.39, 0.29) is 11.3 Å². The first-order chi connectivity index (χ1) is 10.1. The monoisotopic (exact) mass is 391 g/mol. The maximum Gasteiger partial charge on any atom is 0.419 e. The highest BCUT2D eigenvalue weighted by Gasteiger charge is 2.24. The van der Waals surface area contributed by atoms with Gasteiger partial charge in [0, 0.05) is 10.7 Å². The Morgan fingerprint density at radius 1 is 1.27 bits per heavy atom. The SMILES string of the molecule is CC(C)(C)OC(=O)n1cc(Br)cc1-c1c(F)ccc(F)c1Cl. The summed E-state index contributed by atoms with van der Waals surface area (Å²) in [7, 11) is 0. The van der Waals surface area contributed by atoms with E-state index >= 15 is 0 Å². The van der Waals surface area contributed by atoms with Crippen LogP contribution in [0.25, 0.3) is 11.3 Å². The third-order valence-corrected chi connectivity index (χ3v) is 3.48. The largest absolute Gasteiger partial charge is 0.443 e. The average Bonchev–Trinajstić information content (AvgIpc) is 2.74. The van der Waals surface area contributed by atoms with E-state index in [2.05, 4.69) is 15.9 Å². The first-order valence-corrected chi connectivity index (χ1v) is 7.52. The van der Waals surface area contributed by atoms with E-state index in [1.165, 1.54) is 12.3 Å². The molecule has 1 aromatic carbocycles. The highest BCUT2D eigenvalue weighted by molar-refractivity contribution is 9.10. The van der Waals surface area contributed by atoms with Crippen LogP contribution in [0, 0.1) is 11.6 Å². The maximum absolute atomic E-state index is 14.1. The van der Waals surface area contributed by atoms with E-state index in [4.69, 9.17) is 16.3 Å².